The molecular weight excluding hydrogens is 346 g/mol. The van der Waals surface area contributed by atoms with Gasteiger partial charge in [-0.1, -0.05) is 6.07 Å². The predicted octanol–water partition coefficient (Wildman–Crippen LogP) is 2.23. The number of hydrogen-bond donors (Lipinski definition) is 0. The monoisotopic (exact) mass is 367 g/mol. The van der Waals surface area contributed by atoms with E-state index in [0.717, 1.165) is 54.7 Å². The first-order valence-corrected chi connectivity index (χ1v) is 9.57. The minimum atomic E-state index is 0.0437. The van der Waals surface area contributed by atoms with Crippen LogP contribution in [0.2, 0.25) is 0 Å². The molecule has 4 rings (SSSR count). The van der Waals surface area contributed by atoms with Crippen LogP contribution in [0.3, 0.4) is 0 Å². The van der Waals surface area contributed by atoms with Crippen molar-refractivity contribution in [3.8, 4) is 10.6 Å². The molecule has 7 heteroatoms. The minimum Gasteiger partial charge on any atom is -0.353 e. The van der Waals surface area contributed by atoms with Crippen LogP contribution >= 0.6 is 11.3 Å². The number of pyridine rings is 1. The molecule has 1 fully saturated rings. The Labute approximate surface area is 156 Å². The Morgan fingerprint density at radius 1 is 1.08 bits per heavy atom. The van der Waals surface area contributed by atoms with Gasteiger partial charge in [0, 0.05) is 52.0 Å². The Morgan fingerprint density at radius 3 is 2.58 bits per heavy atom. The molecule has 1 saturated heterocycles. The molecule has 0 aliphatic carbocycles. The SMILES string of the molecule is Cn1ccc(CN2CCN(c3ccc(-c4cccs4)nn3)CC2)cc1=O. The Hall–Kier alpha value is -2.51. The lowest BCUT2D eigenvalue weighted by atomic mass is 10.2. The number of thiophene rings is 1. The van der Waals surface area contributed by atoms with Crippen LogP contribution in [0.25, 0.3) is 10.6 Å². The molecule has 26 heavy (non-hydrogen) atoms. The van der Waals surface area contributed by atoms with Crippen molar-refractivity contribution in [2.24, 2.45) is 7.05 Å². The first kappa shape index (κ1) is 16.9. The second kappa shape index (κ2) is 7.39. The van der Waals surface area contributed by atoms with Gasteiger partial charge in [-0.15, -0.1) is 21.5 Å². The molecule has 3 aromatic rings. The summed E-state index contributed by atoms with van der Waals surface area (Å²) in [4.78, 5) is 17.5. The summed E-state index contributed by atoms with van der Waals surface area (Å²) in [6, 6.07) is 11.9. The van der Waals surface area contributed by atoms with Gasteiger partial charge in [-0.2, -0.15) is 0 Å². The van der Waals surface area contributed by atoms with Crippen molar-refractivity contribution in [1.29, 1.82) is 0 Å². The predicted molar refractivity (Wildman–Crippen MR) is 105 cm³/mol. The van der Waals surface area contributed by atoms with Crippen LogP contribution in [0.15, 0.2) is 52.8 Å². The molecule has 0 saturated carbocycles. The molecular formula is C19H21N5OS. The summed E-state index contributed by atoms with van der Waals surface area (Å²) in [6.45, 7) is 4.54. The molecule has 1 aliphatic rings. The van der Waals surface area contributed by atoms with Gasteiger partial charge >= 0.3 is 0 Å². The molecule has 0 N–H and O–H groups in total. The lowest BCUT2D eigenvalue weighted by molar-refractivity contribution is 0.249. The largest absolute Gasteiger partial charge is 0.353 e. The molecule has 4 heterocycles. The number of rotatable bonds is 4. The highest BCUT2D eigenvalue weighted by atomic mass is 32.1. The van der Waals surface area contributed by atoms with E-state index >= 15 is 0 Å². The van der Waals surface area contributed by atoms with Gasteiger partial charge in [0.25, 0.3) is 5.56 Å². The fourth-order valence-corrected chi connectivity index (χ4v) is 3.82. The maximum atomic E-state index is 11.8. The molecule has 1 aliphatic heterocycles. The Bertz CT molecular complexity index is 912. The number of piperazine rings is 1. The summed E-state index contributed by atoms with van der Waals surface area (Å²) in [5, 5.41) is 10.8. The van der Waals surface area contributed by atoms with Crippen LogP contribution in [0.4, 0.5) is 5.82 Å². The summed E-state index contributed by atoms with van der Waals surface area (Å²) >= 11 is 1.67. The van der Waals surface area contributed by atoms with Crippen molar-refractivity contribution in [3.05, 3.63) is 63.9 Å². The lowest BCUT2D eigenvalue weighted by Gasteiger charge is -2.35. The molecule has 0 amide bonds. The molecule has 0 radical (unpaired) electrons. The van der Waals surface area contributed by atoms with E-state index in [1.165, 1.54) is 0 Å². The average molecular weight is 367 g/mol. The van der Waals surface area contributed by atoms with Crippen LogP contribution in [-0.2, 0) is 13.6 Å². The fraction of sp³-hybridized carbons (Fsp3) is 0.316. The van der Waals surface area contributed by atoms with Gasteiger partial charge in [0.05, 0.1) is 4.88 Å². The molecule has 0 atom stereocenters. The zero-order chi connectivity index (χ0) is 17.9. The standard InChI is InChI=1S/C19H21N5OS/c1-22-7-6-15(13-19(22)25)14-23-8-10-24(11-9-23)18-5-4-16(20-21-18)17-3-2-12-26-17/h2-7,12-13H,8-11,14H2,1H3. The van der Waals surface area contributed by atoms with Crippen molar-refractivity contribution < 1.29 is 0 Å². The third-order valence-electron chi connectivity index (χ3n) is 4.70. The summed E-state index contributed by atoms with van der Waals surface area (Å²) < 4.78 is 1.60. The number of aryl methyl sites for hydroxylation is 1. The topological polar surface area (TPSA) is 54.3 Å². The minimum absolute atomic E-state index is 0.0437. The highest BCUT2D eigenvalue weighted by Gasteiger charge is 2.18. The smallest absolute Gasteiger partial charge is 0.250 e. The molecule has 3 aromatic heterocycles. The maximum Gasteiger partial charge on any atom is 0.250 e. The highest BCUT2D eigenvalue weighted by molar-refractivity contribution is 7.13. The maximum absolute atomic E-state index is 11.8. The van der Waals surface area contributed by atoms with E-state index < -0.39 is 0 Å². The summed E-state index contributed by atoms with van der Waals surface area (Å²) in [5.74, 6) is 0.929. The molecule has 134 valence electrons. The van der Waals surface area contributed by atoms with Gasteiger partial charge in [0.1, 0.15) is 5.69 Å². The third-order valence-corrected chi connectivity index (χ3v) is 5.59. The third kappa shape index (κ3) is 3.68. The molecule has 0 unspecified atom stereocenters. The van der Waals surface area contributed by atoms with Crippen LogP contribution in [0, 0.1) is 0 Å². The van der Waals surface area contributed by atoms with Gasteiger partial charge in [0.2, 0.25) is 0 Å². The number of aromatic nitrogens is 3. The second-order valence-electron chi connectivity index (χ2n) is 6.50. The zero-order valence-corrected chi connectivity index (χ0v) is 15.5. The Morgan fingerprint density at radius 2 is 1.92 bits per heavy atom. The quantitative estimate of drug-likeness (QED) is 0.708. The lowest BCUT2D eigenvalue weighted by Crippen LogP contribution is -2.46. The van der Waals surface area contributed by atoms with E-state index in [0.29, 0.717) is 0 Å². The summed E-state index contributed by atoms with van der Waals surface area (Å²) in [7, 11) is 1.77. The van der Waals surface area contributed by atoms with Crippen molar-refractivity contribution >= 4 is 17.2 Å². The van der Waals surface area contributed by atoms with Crippen LogP contribution in [0.1, 0.15) is 5.56 Å². The normalized spacial score (nSPS) is 15.3. The van der Waals surface area contributed by atoms with Crippen LogP contribution in [-0.4, -0.2) is 45.8 Å². The van der Waals surface area contributed by atoms with Gasteiger partial charge in [-0.05, 0) is 35.2 Å². The highest BCUT2D eigenvalue weighted by Crippen LogP contribution is 2.23. The summed E-state index contributed by atoms with van der Waals surface area (Å²) in [5.41, 5.74) is 2.04. The van der Waals surface area contributed by atoms with E-state index in [-0.39, 0.29) is 5.56 Å². The van der Waals surface area contributed by atoms with Crippen LogP contribution < -0.4 is 10.5 Å². The first-order chi connectivity index (χ1) is 12.7. The number of nitrogens with zero attached hydrogens (tertiary/aromatic N) is 5. The zero-order valence-electron chi connectivity index (χ0n) is 14.7. The van der Waals surface area contributed by atoms with Gasteiger partial charge < -0.3 is 9.47 Å². The van der Waals surface area contributed by atoms with Crippen molar-refractivity contribution in [1.82, 2.24) is 19.7 Å². The summed E-state index contributed by atoms with van der Waals surface area (Å²) in [6.07, 6.45) is 1.83. The van der Waals surface area contributed by atoms with E-state index in [1.54, 1.807) is 29.0 Å². The van der Waals surface area contributed by atoms with Gasteiger partial charge in [-0.25, -0.2) is 0 Å². The molecule has 0 spiro atoms. The van der Waals surface area contributed by atoms with Gasteiger partial charge in [0.15, 0.2) is 5.82 Å². The van der Waals surface area contributed by atoms with Crippen LogP contribution in [0.5, 0.6) is 0 Å². The van der Waals surface area contributed by atoms with Gasteiger partial charge in [-0.3, -0.25) is 9.69 Å². The Kier molecular flexibility index (Phi) is 4.81. The van der Waals surface area contributed by atoms with E-state index in [4.69, 9.17) is 0 Å². The van der Waals surface area contributed by atoms with Crippen molar-refractivity contribution in [3.63, 3.8) is 0 Å². The van der Waals surface area contributed by atoms with Crippen molar-refractivity contribution in [2.75, 3.05) is 31.1 Å². The first-order valence-electron chi connectivity index (χ1n) is 8.69. The van der Waals surface area contributed by atoms with Crippen molar-refractivity contribution in [2.45, 2.75) is 6.54 Å². The van der Waals surface area contributed by atoms with E-state index in [9.17, 15) is 4.79 Å². The second-order valence-corrected chi connectivity index (χ2v) is 7.45. The average Bonchev–Trinajstić information content (AvgIpc) is 3.20. The molecule has 0 bridgehead atoms. The van der Waals surface area contributed by atoms with E-state index in [1.807, 2.05) is 29.8 Å². The molecule has 6 nitrogen and oxygen atoms in total. The molecule has 0 aromatic carbocycles. The number of hydrogen-bond acceptors (Lipinski definition) is 6. The van der Waals surface area contributed by atoms with E-state index in [2.05, 4.69) is 32.1 Å². The fourth-order valence-electron chi connectivity index (χ4n) is 3.13. The Balaban J connectivity index is 1.36. The number of anilines is 1.